The molecule has 2 heterocycles. The van der Waals surface area contributed by atoms with Crippen molar-refractivity contribution in [3.05, 3.63) is 101 Å². The number of hydrogen-bond acceptors (Lipinski definition) is 6. The van der Waals surface area contributed by atoms with Crippen molar-refractivity contribution in [3.8, 4) is 0 Å². The van der Waals surface area contributed by atoms with Gasteiger partial charge in [0.2, 0.25) is 0 Å². The molecule has 0 radical (unpaired) electrons. The number of carbonyl (C=O) groups is 2. The van der Waals surface area contributed by atoms with Gasteiger partial charge in [-0.05, 0) is 61.3 Å². The largest absolute Gasteiger partial charge is 0.392 e. The second kappa shape index (κ2) is 19.1. The van der Waals surface area contributed by atoms with Gasteiger partial charge in [-0.15, -0.1) is 0 Å². The van der Waals surface area contributed by atoms with E-state index in [1.807, 2.05) is 42.5 Å². The van der Waals surface area contributed by atoms with E-state index in [1.54, 1.807) is 30.3 Å². The average molecular weight is 669 g/mol. The maximum Gasteiger partial charge on any atom is 0.266 e. The van der Waals surface area contributed by atoms with Crippen molar-refractivity contribution in [2.24, 2.45) is 0 Å². The van der Waals surface area contributed by atoms with E-state index in [0.29, 0.717) is 16.8 Å². The number of hydrogen-bond donors (Lipinski definition) is 1. The predicted molar refractivity (Wildman–Crippen MR) is 196 cm³/mol. The monoisotopic (exact) mass is 668 g/mol. The van der Waals surface area contributed by atoms with Crippen LogP contribution in [0.5, 0.6) is 0 Å². The maximum absolute atomic E-state index is 13.3. The fourth-order valence-corrected chi connectivity index (χ4v) is 7.08. The molecule has 2 aliphatic rings. The molecule has 2 amide bonds. The molecule has 1 saturated heterocycles. The third-order valence-electron chi connectivity index (χ3n) is 9.93. The number of fused-ring (bicyclic) bond motifs is 1. The van der Waals surface area contributed by atoms with Crippen molar-refractivity contribution in [2.45, 2.75) is 122 Å². The zero-order valence-corrected chi connectivity index (χ0v) is 29.7. The Labute approximate surface area is 293 Å². The third-order valence-corrected chi connectivity index (χ3v) is 9.93. The molecule has 1 fully saturated rings. The summed E-state index contributed by atoms with van der Waals surface area (Å²) < 4.78 is 13.4. The minimum atomic E-state index is -0.665. The van der Waals surface area contributed by atoms with Crippen LogP contribution < -0.4 is 4.90 Å². The average Bonchev–Trinajstić information content (AvgIpc) is 3.39. The molecule has 49 heavy (non-hydrogen) atoms. The lowest BCUT2D eigenvalue weighted by molar-refractivity contribution is -0.253. The van der Waals surface area contributed by atoms with Crippen molar-refractivity contribution in [1.29, 1.82) is 0 Å². The van der Waals surface area contributed by atoms with Crippen molar-refractivity contribution >= 4 is 17.5 Å². The second-order valence-corrected chi connectivity index (χ2v) is 13.8. The molecule has 3 aromatic carbocycles. The van der Waals surface area contributed by atoms with Crippen LogP contribution >= 0.6 is 0 Å². The highest BCUT2D eigenvalue weighted by Gasteiger charge is 2.38. The van der Waals surface area contributed by atoms with Crippen LogP contribution in [-0.4, -0.2) is 47.6 Å². The number of aliphatic hydroxyl groups is 1. The van der Waals surface area contributed by atoms with Crippen LogP contribution in [0.15, 0.2) is 72.8 Å². The molecule has 3 aromatic rings. The summed E-state index contributed by atoms with van der Waals surface area (Å²) in [5.41, 5.74) is 4.03. The molecule has 0 saturated carbocycles. The first-order valence-electron chi connectivity index (χ1n) is 18.8. The van der Waals surface area contributed by atoms with Crippen LogP contribution in [0, 0.1) is 0 Å². The number of amides is 2. The number of rotatable bonds is 20. The number of nitrogens with zero attached hydrogens (tertiary/aromatic N) is 2. The molecule has 0 unspecified atom stereocenters. The summed E-state index contributed by atoms with van der Waals surface area (Å²) in [4.78, 5) is 30.5. The smallest absolute Gasteiger partial charge is 0.266 e. The molecule has 7 nitrogen and oxygen atoms in total. The first kappa shape index (κ1) is 36.9. The standard InChI is InChI=1S/C42H56N2O5/c1-3-5-7-9-11-15-26-43(27-16-12-10-8-6-4-2)30-36-29-39(33-24-22-32(31-45)23-25-33)49-42(48-36)34-18-17-19-35(28-34)44-40(46)37-20-13-14-21-38(37)41(44)47/h13-14,17-25,28,36,39,42,45H,3-12,15-16,26-27,29-31H2,1-2H3/t36-,39+,42+/m0/s1. The van der Waals surface area contributed by atoms with Gasteiger partial charge in [0.25, 0.3) is 11.8 Å². The van der Waals surface area contributed by atoms with Gasteiger partial charge >= 0.3 is 0 Å². The van der Waals surface area contributed by atoms with Crippen molar-refractivity contribution in [1.82, 2.24) is 4.90 Å². The Morgan fingerprint density at radius 1 is 0.694 bits per heavy atom. The Morgan fingerprint density at radius 3 is 1.88 bits per heavy atom. The third kappa shape index (κ3) is 10.1. The highest BCUT2D eigenvalue weighted by Crippen LogP contribution is 2.40. The number of ether oxygens (including phenoxy) is 2. The molecule has 1 N–H and O–H groups in total. The van der Waals surface area contributed by atoms with Gasteiger partial charge < -0.3 is 19.5 Å². The lowest BCUT2D eigenvalue weighted by Gasteiger charge is -2.38. The van der Waals surface area contributed by atoms with E-state index < -0.39 is 6.29 Å². The van der Waals surface area contributed by atoms with Crippen LogP contribution in [0.25, 0.3) is 0 Å². The number of anilines is 1. The van der Waals surface area contributed by atoms with Crippen LogP contribution in [-0.2, 0) is 16.1 Å². The first-order chi connectivity index (χ1) is 24.0. The number of unbranched alkanes of at least 4 members (excludes halogenated alkanes) is 10. The summed E-state index contributed by atoms with van der Waals surface area (Å²) in [7, 11) is 0. The van der Waals surface area contributed by atoms with Gasteiger partial charge in [-0.3, -0.25) is 9.59 Å². The summed E-state index contributed by atoms with van der Waals surface area (Å²) in [6.45, 7) is 7.48. The molecule has 264 valence electrons. The van der Waals surface area contributed by atoms with Gasteiger partial charge in [-0.2, -0.15) is 0 Å². The Kier molecular flexibility index (Phi) is 14.4. The quantitative estimate of drug-likeness (QED) is 0.0955. The van der Waals surface area contributed by atoms with Gasteiger partial charge in [-0.1, -0.05) is 127 Å². The van der Waals surface area contributed by atoms with Gasteiger partial charge in [0.1, 0.15) is 0 Å². The van der Waals surface area contributed by atoms with E-state index >= 15 is 0 Å². The Morgan fingerprint density at radius 2 is 1.29 bits per heavy atom. The topological polar surface area (TPSA) is 79.3 Å². The molecule has 7 heteroatoms. The number of aliphatic hydroxyl groups excluding tert-OH is 1. The zero-order valence-electron chi connectivity index (χ0n) is 29.7. The van der Waals surface area contributed by atoms with Crippen LogP contribution in [0.1, 0.15) is 147 Å². The Hall–Kier alpha value is -3.36. The number of carbonyl (C=O) groups excluding carboxylic acids is 2. The lowest BCUT2D eigenvalue weighted by atomic mass is 9.99. The number of imide groups is 1. The van der Waals surface area contributed by atoms with Gasteiger partial charge in [0.15, 0.2) is 6.29 Å². The minimum absolute atomic E-state index is 0.00336. The highest BCUT2D eigenvalue weighted by atomic mass is 16.7. The highest BCUT2D eigenvalue weighted by molar-refractivity contribution is 6.34. The van der Waals surface area contributed by atoms with Gasteiger partial charge in [0, 0.05) is 18.5 Å². The molecule has 0 bridgehead atoms. The summed E-state index contributed by atoms with van der Waals surface area (Å²) >= 11 is 0. The Balaban J connectivity index is 1.33. The molecule has 5 rings (SSSR count). The normalized spacial score (nSPS) is 19.2. The second-order valence-electron chi connectivity index (χ2n) is 13.8. The van der Waals surface area contributed by atoms with E-state index in [0.717, 1.165) is 42.7 Å². The molecule has 2 aliphatic heterocycles. The van der Waals surface area contributed by atoms with E-state index in [1.165, 1.54) is 81.9 Å². The number of benzene rings is 3. The summed E-state index contributed by atoms with van der Waals surface area (Å²) in [6, 6.07) is 22.4. The summed E-state index contributed by atoms with van der Waals surface area (Å²) in [5, 5.41) is 9.64. The lowest BCUT2D eigenvalue weighted by Crippen LogP contribution is -2.40. The fraction of sp³-hybridized carbons (Fsp3) is 0.524. The first-order valence-corrected chi connectivity index (χ1v) is 18.8. The Bertz CT molecular complexity index is 1420. The summed E-state index contributed by atoms with van der Waals surface area (Å²) in [5.74, 6) is -0.633. The van der Waals surface area contributed by atoms with Crippen molar-refractivity contribution in [3.63, 3.8) is 0 Å². The SMILES string of the molecule is CCCCCCCCN(CCCCCCCC)C[C@@H]1C[C@H](c2ccc(CO)cc2)O[C@H](c2cccc(N3C(=O)c4ccccc4C3=O)c2)O1. The van der Waals surface area contributed by atoms with Crippen LogP contribution in [0.2, 0.25) is 0 Å². The van der Waals surface area contributed by atoms with E-state index in [2.05, 4.69) is 18.7 Å². The predicted octanol–water partition coefficient (Wildman–Crippen LogP) is 9.55. The minimum Gasteiger partial charge on any atom is -0.392 e. The molecular weight excluding hydrogens is 612 g/mol. The van der Waals surface area contributed by atoms with Crippen molar-refractivity contribution in [2.75, 3.05) is 24.5 Å². The fourth-order valence-electron chi connectivity index (χ4n) is 7.08. The molecule has 0 aromatic heterocycles. The molecule has 0 aliphatic carbocycles. The van der Waals surface area contributed by atoms with Gasteiger partial charge in [-0.25, -0.2) is 4.90 Å². The van der Waals surface area contributed by atoms with Gasteiger partial charge in [0.05, 0.1) is 35.6 Å². The zero-order chi connectivity index (χ0) is 34.4. The van der Waals surface area contributed by atoms with E-state index in [9.17, 15) is 14.7 Å². The van der Waals surface area contributed by atoms with Crippen LogP contribution in [0.3, 0.4) is 0 Å². The van der Waals surface area contributed by atoms with Crippen LogP contribution in [0.4, 0.5) is 5.69 Å². The molecular formula is C42H56N2O5. The molecule has 3 atom stereocenters. The maximum atomic E-state index is 13.3. The molecule has 0 spiro atoms. The van der Waals surface area contributed by atoms with E-state index in [-0.39, 0.29) is 30.6 Å². The van der Waals surface area contributed by atoms with Crippen molar-refractivity contribution < 1.29 is 24.2 Å². The summed E-state index contributed by atoms with van der Waals surface area (Å²) in [6.07, 6.45) is 15.1. The van der Waals surface area contributed by atoms with E-state index in [4.69, 9.17) is 9.47 Å².